The van der Waals surface area contributed by atoms with Gasteiger partial charge in [0, 0.05) is 32.2 Å². The Kier molecular flexibility index (Phi) is 7.83. The van der Waals surface area contributed by atoms with Gasteiger partial charge in [0.25, 0.3) is 0 Å². The summed E-state index contributed by atoms with van der Waals surface area (Å²) in [5.41, 5.74) is 5.27. The van der Waals surface area contributed by atoms with Crippen molar-refractivity contribution in [3.8, 4) is 0 Å². The van der Waals surface area contributed by atoms with Crippen LogP contribution in [-0.4, -0.2) is 43.9 Å². The number of nitrogens with one attached hydrogen (secondary N) is 2. The lowest BCUT2D eigenvalue weighted by Crippen LogP contribution is -2.36. The maximum absolute atomic E-state index is 8.63. The molecule has 1 atom stereocenters. The van der Waals surface area contributed by atoms with Crippen LogP contribution in [0.15, 0.2) is 0 Å². The average Bonchev–Trinajstić information content (AvgIpc) is 2.04. The fourth-order valence-corrected chi connectivity index (χ4v) is 0.699. The first-order valence-corrected chi connectivity index (χ1v) is 4.06. The zero-order chi connectivity index (χ0) is 8.53. The van der Waals surface area contributed by atoms with Crippen molar-refractivity contribution >= 4 is 0 Å². The normalized spacial score (nSPS) is 13.4. The molecule has 0 aromatic heterocycles. The van der Waals surface area contributed by atoms with Gasteiger partial charge in [-0.3, -0.25) is 0 Å². The summed E-state index contributed by atoms with van der Waals surface area (Å²) in [6.07, 6.45) is 0. The van der Waals surface area contributed by atoms with Crippen molar-refractivity contribution in [2.45, 2.75) is 13.0 Å². The first kappa shape index (κ1) is 10.8. The molecule has 5 N–H and O–H groups in total. The largest absolute Gasteiger partial charge is 0.395 e. The SMILES string of the molecule is CC(CO)NCCNCCN. The fraction of sp³-hybridized carbons (Fsp3) is 1.00. The Morgan fingerprint density at radius 3 is 2.64 bits per heavy atom. The number of nitrogens with two attached hydrogens (primary N) is 1. The molecule has 0 bridgehead atoms. The first-order valence-electron chi connectivity index (χ1n) is 4.06. The van der Waals surface area contributed by atoms with Gasteiger partial charge in [-0.05, 0) is 6.92 Å². The minimum absolute atomic E-state index is 0.190. The van der Waals surface area contributed by atoms with Crippen LogP contribution in [-0.2, 0) is 0 Å². The lowest BCUT2D eigenvalue weighted by Gasteiger charge is -2.10. The molecular formula is C7H19N3O. The Bertz CT molecular complexity index is 80.1. The van der Waals surface area contributed by atoms with Crippen molar-refractivity contribution in [3.05, 3.63) is 0 Å². The molecule has 0 spiro atoms. The van der Waals surface area contributed by atoms with E-state index in [1.807, 2.05) is 6.92 Å². The van der Waals surface area contributed by atoms with E-state index in [0.717, 1.165) is 19.6 Å². The summed E-state index contributed by atoms with van der Waals surface area (Å²) in [5.74, 6) is 0. The molecular weight excluding hydrogens is 142 g/mol. The summed E-state index contributed by atoms with van der Waals surface area (Å²) in [4.78, 5) is 0. The van der Waals surface area contributed by atoms with Gasteiger partial charge < -0.3 is 21.5 Å². The quantitative estimate of drug-likeness (QED) is 0.343. The highest BCUT2D eigenvalue weighted by Crippen LogP contribution is 1.74. The molecule has 11 heavy (non-hydrogen) atoms. The highest BCUT2D eigenvalue weighted by molar-refractivity contribution is 4.59. The standard InChI is InChI=1S/C7H19N3O/c1-7(6-11)10-5-4-9-3-2-8/h7,9-11H,2-6,8H2,1H3. The highest BCUT2D eigenvalue weighted by atomic mass is 16.3. The molecule has 0 saturated carbocycles. The lowest BCUT2D eigenvalue weighted by molar-refractivity contribution is 0.252. The minimum Gasteiger partial charge on any atom is -0.395 e. The van der Waals surface area contributed by atoms with Crippen molar-refractivity contribution in [3.63, 3.8) is 0 Å². The molecule has 4 heteroatoms. The summed E-state index contributed by atoms with van der Waals surface area (Å²) in [6, 6.07) is 0.190. The van der Waals surface area contributed by atoms with Crippen LogP contribution in [0.1, 0.15) is 6.92 Å². The third kappa shape index (κ3) is 7.74. The van der Waals surface area contributed by atoms with Crippen molar-refractivity contribution in [1.29, 1.82) is 0 Å². The van der Waals surface area contributed by atoms with E-state index in [2.05, 4.69) is 10.6 Å². The van der Waals surface area contributed by atoms with Crippen LogP contribution in [0, 0.1) is 0 Å². The van der Waals surface area contributed by atoms with E-state index in [4.69, 9.17) is 10.8 Å². The topological polar surface area (TPSA) is 70.3 Å². The predicted octanol–water partition coefficient (Wildman–Crippen LogP) is -1.49. The van der Waals surface area contributed by atoms with Crippen molar-refractivity contribution < 1.29 is 5.11 Å². The Morgan fingerprint density at radius 1 is 1.36 bits per heavy atom. The molecule has 0 aromatic rings. The monoisotopic (exact) mass is 161 g/mol. The van der Waals surface area contributed by atoms with Crippen LogP contribution in [0.25, 0.3) is 0 Å². The summed E-state index contributed by atoms with van der Waals surface area (Å²) >= 11 is 0. The second-order valence-corrected chi connectivity index (χ2v) is 2.58. The summed E-state index contributed by atoms with van der Waals surface area (Å²) in [6.45, 7) is 5.45. The molecule has 0 amide bonds. The van der Waals surface area contributed by atoms with E-state index in [1.54, 1.807) is 0 Å². The number of aliphatic hydroxyl groups is 1. The number of aliphatic hydroxyl groups excluding tert-OH is 1. The maximum Gasteiger partial charge on any atom is 0.0581 e. The van der Waals surface area contributed by atoms with Gasteiger partial charge in [0.1, 0.15) is 0 Å². The molecule has 0 aliphatic heterocycles. The minimum atomic E-state index is 0.190. The van der Waals surface area contributed by atoms with E-state index in [-0.39, 0.29) is 12.6 Å². The zero-order valence-corrected chi connectivity index (χ0v) is 7.14. The van der Waals surface area contributed by atoms with E-state index < -0.39 is 0 Å². The Morgan fingerprint density at radius 2 is 2.09 bits per heavy atom. The van der Waals surface area contributed by atoms with Crippen LogP contribution in [0.2, 0.25) is 0 Å². The predicted molar refractivity (Wildman–Crippen MR) is 46.5 cm³/mol. The maximum atomic E-state index is 8.63. The van der Waals surface area contributed by atoms with Gasteiger partial charge in [-0.15, -0.1) is 0 Å². The van der Waals surface area contributed by atoms with Crippen molar-refractivity contribution in [2.24, 2.45) is 5.73 Å². The second-order valence-electron chi connectivity index (χ2n) is 2.58. The molecule has 0 aliphatic carbocycles. The van der Waals surface area contributed by atoms with Gasteiger partial charge in [-0.25, -0.2) is 0 Å². The average molecular weight is 161 g/mol. The van der Waals surface area contributed by atoms with E-state index >= 15 is 0 Å². The Hall–Kier alpha value is -0.160. The lowest BCUT2D eigenvalue weighted by atomic mass is 10.3. The Labute approximate surface area is 68.2 Å². The molecule has 4 nitrogen and oxygen atoms in total. The van der Waals surface area contributed by atoms with E-state index in [0.29, 0.717) is 6.54 Å². The first-order chi connectivity index (χ1) is 5.31. The second kappa shape index (κ2) is 7.94. The molecule has 0 radical (unpaired) electrons. The molecule has 0 rings (SSSR count). The Balaban J connectivity index is 2.89. The molecule has 68 valence electrons. The zero-order valence-electron chi connectivity index (χ0n) is 7.14. The molecule has 0 aliphatic rings. The molecule has 0 aromatic carbocycles. The van der Waals surface area contributed by atoms with Crippen LogP contribution in [0.5, 0.6) is 0 Å². The summed E-state index contributed by atoms with van der Waals surface area (Å²) in [7, 11) is 0. The fourth-order valence-electron chi connectivity index (χ4n) is 0.699. The molecule has 0 fully saturated rings. The van der Waals surface area contributed by atoms with Crippen LogP contribution >= 0.6 is 0 Å². The third-order valence-corrected chi connectivity index (χ3v) is 1.39. The smallest absolute Gasteiger partial charge is 0.0581 e. The summed E-state index contributed by atoms with van der Waals surface area (Å²) in [5, 5.41) is 14.9. The van der Waals surface area contributed by atoms with Crippen molar-refractivity contribution in [1.82, 2.24) is 10.6 Å². The number of hydrogen-bond acceptors (Lipinski definition) is 4. The van der Waals surface area contributed by atoms with Gasteiger partial charge in [0.2, 0.25) is 0 Å². The van der Waals surface area contributed by atoms with E-state index in [9.17, 15) is 0 Å². The molecule has 0 saturated heterocycles. The molecule has 0 heterocycles. The highest BCUT2D eigenvalue weighted by Gasteiger charge is 1.95. The van der Waals surface area contributed by atoms with Gasteiger partial charge in [0.15, 0.2) is 0 Å². The summed E-state index contributed by atoms with van der Waals surface area (Å²) < 4.78 is 0. The number of rotatable bonds is 7. The van der Waals surface area contributed by atoms with Gasteiger partial charge >= 0.3 is 0 Å². The van der Waals surface area contributed by atoms with Crippen LogP contribution in [0.4, 0.5) is 0 Å². The molecule has 1 unspecified atom stereocenters. The third-order valence-electron chi connectivity index (χ3n) is 1.39. The van der Waals surface area contributed by atoms with Crippen LogP contribution in [0.3, 0.4) is 0 Å². The van der Waals surface area contributed by atoms with Gasteiger partial charge in [-0.1, -0.05) is 0 Å². The van der Waals surface area contributed by atoms with Crippen molar-refractivity contribution in [2.75, 3.05) is 32.8 Å². The number of hydrogen-bond donors (Lipinski definition) is 4. The van der Waals surface area contributed by atoms with Gasteiger partial charge in [-0.2, -0.15) is 0 Å². The van der Waals surface area contributed by atoms with E-state index in [1.165, 1.54) is 0 Å². The van der Waals surface area contributed by atoms with Gasteiger partial charge in [0.05, 0.1) is 6.61 Å². The van der Waals surface area contributed by atoms with Crippen LogP contribution < -0.4 is 16.4 Å².